The van der Waals surface area contributed by atoms with E-state index in [9.17, 15) is 23.1 Å². The van der Waals surface area contributed by atoms with Crippen molar-refractivity contribution < 1.29 is 23.1 Å². The molecule has 0 aromatic heterocycles. The van der Waals surface area contributed by atoms with Gasteiger partial charge in [0.05, 0.1) is 4.90 Å². The Morgan fingerprint density at radius 1 is 1.25 bits per heavy atom. The van der Waals surface area contributed by atoms with Crippen molar-refractivity contribution in [3.63, 3.8) is 0 Å². The summed E-state index contributed by atoms with van der Waals surface area (Å²) in [5.41, 5.74) is 0.192. The molecule has 2 aliphatic rings. The minimum atomic E-state index is -3.66. The van der Waals surface area contributed by atoms with Gasteiger partial charge < -0.3 is 10.0 Å². The zero-order chi connectivity index (χ0) is 17.3. The second-order valence-corrected chi connectivity index (χ2v) is 8.08. The molecule has 8 heteroatoms. The third-order valence-corrected chi connectivity index (χ3v) is 5.87. The Kier molecular flexibility index (Phi) is 4.60. The molecule has 2 N–H and O–H groups in total. The quantitative estimate of drug-likeness (QED) is 0.797. The second-order valence-electron chi connectivity index (χ2n) is 6.32. The molecule has 1 aliphatic carbocycles. The first kappa shape index (κ1) is 16.9. The molecule has 1 aromatic rings. The Balaban J connectivity index is 1.79. The van der Waals surface area contributed by atoms with Crippen LogP contribution in [0.1, 0.15) is 36.0 Å². The first-order valence-electron chi connectivity index (χ1n) is 8.02. The summed E-state index contributed by atoms with van der Waals surface area (Å²) in [6.45, 7) is 0.778. The van der Waals surface area contributed by atoms with Crippen LogP contribution < -0.4 is 4.72 Å². The van der Waals surface area contributed by atoms with Crippen molar-refractivity contribution in [2.24, 2.45) is 5.92 Å². The topological polar surface area (TPSA) is 104 Å². The van der Waals surface area contributed by atoms with E-state index in [-0.39, 0.29) is 10.5 Å². The molecule has 1 aliphatic heterocycles. The summed E-state index contributed by atoms with van der Waals surface area (Å²) in [5, 5.41) is 9.19. The van der Waals surface area contributed by atoms with Gasteiger partial charge in [-0.15, -0.1) is 0 Å². The van der Waals surface area contributed by atoms with Crippen LogP contribution in [0.4, 0.5) is 0 Å². The molecule has 1 heterocycles. The van der Waals surface area contributed by atoms with E-state index in [2.05, 4.69) is 4.72 Å². The lowest BCUT2D eigenvalue weighted by Crippen LogP contribution is -2.40. The zero-order valence-electron chi connectivity index (χ0n) is 13.1. The molecule has 1 saturated heterocycles. The van der Waals surface area contributed by atoms with Gasteiger partial charge in [-0.3, -0.25) is 4.79 Å². The van der Waals surface area contributed by atoms with Gasteiger partial charge in [0.15, 0.2) is 0 Å². The predicted molar refractivity (Wildman–Crippen MR) is 86.0 cm³/mol. The van der Waals surface area contributed by atoms with Gasteiger partial charge in [0.2, 0.25) is 10.0 Å². The fraction of sp³-hybridized carbons (Fsp3) is 0.500. The average Bonchev–Trinajstić information content (AvgIpc) is 3.26. The number of hydrogen-bond acceptors (Lipinski definition) is 4. The molecule has 24 heavy (non-hydrogen) atoms. The Morgan fingerprint density at radius 2 is 2.00 bits per heavy atom. The number of hydrogen-bond donors (Lipinski definition) is 2. The molecule has 2 fully saturated rings. The number of nitrogens with zero attached hydrogens (tertiary/aromatic N) is 1. The normalized spacial score (nSPS) is 21.0. The maximum Gasteiger partial charge on any atom is 0.326 e. The van der Waals surface area contributed by atoms with Crippen LogP contribution in [0, 0.1) is 5.92 Å². The highest BCUT2D eigenvalue weighted by molar-refractivity contribution is 7.89. The fourth-order valence-corrected chi connectivity index (χ4v) is 4.02. The summed E-state index contributed by atoms with van der Waals surface area (Å²) in [5.74, 6) is -1.07. The molecule has 130 valence electrons. The highest BCUT2D eigenvalue weighted by atomic mass is 32.2. The van der Waals surface area contributed by atoms with E-state index in [4.69, 9.17) is 0 Å². The van der Waals surface area contributed by atoms with E-state index in [1.165, 1.54) is 29.2 Å². The summed E-state index contributed by atoms with van der Waals surface area (Å²) in [7, 11) is -3.66. The van der Waals surface area contributed by atoms with Gasteiger partial charge in [-0.2, -0.15) is 0 Å². The van der Waals surface area contributed by atoms with E-state index in [1.807, 2.05) is 0 Å². The Morgan fingerprint density at radius 3 is 2.67 bits per heavy atom. The SMILES string of the molecule is O=C(O)C1CCCN1C(=O)c1cccc(S(=O)(=O)NCC2CC2)c1. The van der Waals surface area contributed by atoms with E-state index in [1.54, 1.807) is 0 Å². The Labute approximate surface area is 140 Å². The van der Waals surface area contributed by atoms with Crippen LogP contribution in [0.5, 0.6) is 0 Å². The summed E-state index contributed by atoms with van der Waals surface area (Å²) in [6, 6.07) is 4.93. The van der Waals surface area contributed by atoms with Crippen LogP contribution in [0.25, 0.3) is 0 Å². The van der Waals surface area contributed by atoms with Crippen LogP contribution >= 0.6 is 0 Å². The molecule has 1 unspecified atom stereocenters. The molecule has 1 saturated carbocycles. The third kappa shape index (κ3) is 3.59. The van der Waals surface area contributed by atoms with Gasteiger partial charge in [-0.25, -0.2) is 17.9 Å². The van der Waals surface area contributed by atoms with Gasteiger partial charge in [0, 0.05) is 18.7 Å². The van der Waals surface area contributed by atoms with Crippen LogP contribution in [0.3, 0.4) is 0 Å². The number of likely N-dealkylation sites (tertiary alicyclic amines) is 1. The Hall–Kier alpha value is -1.93. The lowest BCUT2D eigenvalue weighted by atomic mass is 10.1. The maximum atomic E-state index is 12.6. The molecular formula is C16H20N2O5S. The van der Waals surface area contributed by atoms with E-state index in [0.29, 0.717) is 31.8 Å². The number of carbonyl (C=O) groups is 2. The number of carboxylic acid groups (broad SMARTS) is 1. The molecule has 0 spiro atoms. The summed E-state index contributed by atoms with van der Waals surface area (Å²) >= 11 is 0. The number of sulfonamides is 1. The number of carboxylic acids is 1. The van der Waals surface area contributed by atoms with Gasteiger partial charge in [0.25, 0.3) is 5.91 Å². The number of benzene rings is 1. The fourth-order valence-electron chi connectivity index (χ4n) is 2.86. The average molecular weight is 352 g/mol. The molecule has 0 bridgehead atoms. The zero-order valence-corrected chi connectivity index (χ0v) is 14.0. The monoisotopic (exact) mass is 352 g/mol. The van der Waals surface area contributed by atoms with Crippen molar-refractivity contribution in [3.8, 4) is 0 Å². The Bertz CT molecular complexity index is 757. The van der Waals surface area contributed by atoms with Gasteiger partial charge >= 0.3 is 5.97 Å². The van der Waals surface area contributed by atoms with E-state index >= 15 is 0 Å². The van der Waals surface area contributed by atoms with Gasteiger partial charge in [-0.1, -0.05) is 6.07 Å². The number of aliphatic carboxylic acids is 1. The van der Waals surface area contributed by atoms with Crippen molar-refractivity contribution in [1.82, 2.24) is 9.62 Å². The second kappa shape index (κ2) is 6.52. The highest BCUT2D eigenvalue weighted by Gasteiger charge is 2.34. The third-order valence-electron chi connectivity index (χ3n) is 4.45. The molecule has 7 nitrogen and oxygen atoms in total. The van der Waals surface area contributed by atoms with Crippen molar-refractivity contribution in [1.29, 1.82) is 0 Å². The molecule has 1 aromatic carbocycles. The van der Waals surface area contributed by atoms with E-state index < -0.39 is 27.9 Å². The van der Waals surface area contributed by atoms with Gasteiger partial charge in [-0.05, 0) is 49.8 Å². The lowest BCUT2D eigenvalue weighted by Gasteiger charge is -2.21. The summed E-state index contributed by atoms with van der Waals surface area (Å²) < 4.78 is 27.2. The first-order chi connectivity index (χ1) is 11.4. The summed E-state index contributed by atoms with van der Waals surface area (Å²) in [6.07, 6.45) is 3.12. The molecule has 1 atom stereocenters. The molecule has 3 rings (SSSR count). The van der Waals surface area contributed by atoms with Crippen molar-refractivity contribution in [2.45, 2.75) is 36.6 Å². The smallest absolute Gasteiger partial charge is 0.326 e. The predicted octanol–water partition coefficient (Wildman–Crippen LogP) is 1.06. The van der Waals surface area contributed by atoms with Crippen LogP contribution in [-0.2, 0) is 14.8 Å². The van der Waals surface area contributed by atoms with Crippen LogP contribution in [0.15, 0.2) is 29.2 Å². The highest BCUT2D eigenvalue weighted by Crippen LogP contribution is 2.28. The molecular weight excluding hydrogens is 332 g/mol. The van der Waals surface area contributed by atoms with Crippen molar-refractivity contribution in [2.75, 3.05) is 13.1 Å². The van der Waals surface area contributed by atoms with Crippen molar-refractivity contribution in [3.05, 3.63) is 29.8 Å². The first-order valence-corrected chi connectivity index (χ1v) is 9.50. The molecule has 1 amide bonds. The lowest BCUT2D eigenvalue weighted by molar-refractivity contribution is -0.141. The number of amides is 1. The number of carbonyl (C=O) groups excluding carboxylic acids is 1. The minimum absolute atomic E-state index is 0.0278. The van der Waals surface area contributed by atoms with Gasteiger partial charge in [0.1, 0.15) is 6.04 Å². The van der Waals surface area contributed by atoms with E-state index in [0.717, 1.165) is 12.8 Å². The number of nitrogens with one attached hydrogen (secondary N) is 1. The van der Waals surface area contributed by atoms with Crippen LogP contribution in [0.2, 0.25) is 0 Å². The summed E-state index contributed by atoms with van der Waals surface area (Å²) in [4.78, 5) is 25.1. The minimum Gasteiger partial charge on any atom is -0.480 e. The van der Waals surface area contributed by atoms with Crippen molar-refractivity contribution >= 4 is 21.9 Å². The molecule has 0 radical (unpaired) electrons. The van der Waals surface area contributed by atoms with Crippen LogP contribution in [-0.4, -0.2) is 49.4 Å². The standard InChI is InChI=1S/C16H20N2O5S/c19-15(18-8-2-5-14(18)16(20)21)12-3-1-4-13(9-12)24(22,23)17-10-11-6-7-11/h1,3-4,9,11,14,17H,2,5-8,10H2,(H,20,21). The maximum absolute atomic E-state index is 12.6. The largest absolute Gasteiger partial charge is 0.480 e. The number of rotatable bonds is 6.